The monoisotopic (exact) mass is 284 g/mol. The Morgan fingerprint density at radius 1 is 1.15 bits per heavy atom. The van der Waals surface area contributed by atoms with E-state index in [9.17, 15) is 0 Å². The van der Waals surface area contributed by atoms with Crippen molar-refractivity contribution in [1.29, 1.82) is 0 Å². The van der Waals surface area contributed by atoms with E-state index >= 15 is 0 Å². The molecule has 0 spiro atoms. The third-order valence-corrected chi connectivity index (χ3v) is 2.99. The van der Waals surface area contributed by atoms with Gasteiger partial charge in [-0.25, -0.2) is 0 Å². The van der Waals surface area contributed by atoms with Crippen LogP contribution in [-0.4, -0.2) is 0 Å². The van der Waals surface area contributed by atoms with Crippen molar-refractivity contribution in [3.8, 4) is 11.3 Å². The molecule has 0 N–H and O–H groups in total. The average Bonchev–Trinajstić information content (AvgIpc) is 2.49. The first-order valence-electron chi connectivity index (χ1n) is 4.09. The van der Waals surface area contributed by atoms with Gasteiger partial charge in [-0.05, 0) is 35.6 Å². The van der Waals surface area contributed by atoms with Crippen LogP contribution in [0.5, 0.6) is 0 Å². The molecule has 2 aromatic rings. The van der Waals surface area contributed by atoms with E-state index in [1.165, 1.54) is 3.57 Å². The molecular formula is C11H9IO. The predicted molar refractivity (Wildman–Crippen MR) is 61.6 cm³/mol. The minimum absolute atomic E-state index is 0.947. The smallest absolute Gasteiger partial charge is 0.135 e. The molecular weight excluding hydrogens is 275 g/mol. The Labute approximate surface area is 90.9 Å². The highest BCUT2D eigenvalue weighted by Gasteiger charge is 2.05. The zero-order chi connectivity index (χ0) is 9.26. The van der Waals surface area contributed by atoms with Crippen molar-refractivity contribution in [2.75, 3.05) is 0 Å². The molecule has 0 atom stereocenters. The molecule has 0 aliphatic carbocycles. The first-order valence-corrected chi connectivity index (χ1v) is 5.16. The molecule has 0 radical (unpaired) electrons. The van der Waals surface area contributed by atoms with Crippen molar-refractivity contribution >= 4 is 22.6 Å². The van der Waals surface area contributed by atoms with Crippen LogP contribution in [0.4, 0.5) is 0 Å². The molecule has 0 bridgehead atoms. The van der Waals surface area contributed by atoms with Crippen molar-refractivity contribution in [2.24, 2.45) is 0 Å². The third kappa shape index (κ3) is 1.77. The van der Waals surface area contributed by atoms with E-state index in [1.54, 1.807) is 0 Å². The molecule has 2 rings (SSSR count). The molecule has 0 fully saturated rings. The molecule has 1 nitrogen and oxygen atoms in total. The van der Waals surface area contributed by atoms with Crippen LogP contribution in [0.2, 0.25) is 0 Å². The highest BCUT2D eigenvalue weighted by molar-refractivity contribution is 14.1. The van der Waals surface area contributed by atoms with Crippen molar-refractivity contribution in [2.45, 2.75) is 6.92 Å². The molecule has 0 aliphatic rings. The largest absolute Gasteiger partial charge is 0.460 e. The van der Waals surface area contributed by atoms with Gasteiger partial charge in [0, 0.05) is 5.56 Å². The Balaban J connectivity index is 2.48. The van der Waals surface area contributed by atoms with Gasteiger partial charge in [0.2, 0.25) is 0 Å². The van der Waals surface area contributed by atoms with Crippen LogP contribution in [0.1, 0.15) is 5.76 Å². The molecule has 66 valence electrons. The van der Waals surface area contributed by atoms with E-state index in [2.05, 4.69) is 28.7 Å². The number of rotatable bonds is 1. The Bertz CT molecular complexity index is 384. The summed E-state index contributed by atoms with van der Waals surface area (Å²) in [5.41, 5.74) is 1.13. The fourth-order valence-corrected chi connectivity index (χ4v) is 1.60. The standard InChI is InChI=1S/C11H9IO/c1-8-10(12)7-11(13-8)9-5-3-2-4-6-9/h2-7H,1H3. The van der Waals surface area contributed by atoms with Gasteiger partial charge in [0.25, 0.3) is 0 Å². The number of benzene rings is 1. The normalized spacial score (nSPS) is 10.3. The fourth-order valence-electron chi connectivity index (χ4n) is 1.20. The maximum absolute atomic E-state index is 5.59. The first-order chi connectivity index (χ1) is 6.27. The molecule has 0 saturated carbocycles. The van der Waals surface area contributed by atoms with Crippen LogP contribution < -0.4 is 0 Å². The summed E-state index contributed by atoms with van der Waals surface area (Å²) in [6.45, 7) is 1.98. The first kappa shape index (κ1) is 8.81. The Morgan fingerprint density at radius 3 is 2.38 bits per heavy atom. The van der Waals surface area contributed by atoms with Crippen LogP contribution in [0.15, 0.2) is 40.8 Å². The summed E-state index contributed by atoms with van der Waals surface area (Å²) in [4.78, 5) is 0. The van der Waals surface area contributed by atoms with E-state index < -0.39 is 0 Å². The molecule has 2 heteroatoms. The second-order valence-electron chi connectivity index (χ2n) is 2.88. The Morgan fingerprint density at radius 2 is 1.85 bits per heavy atom. The van der Waals surface area contributed by atoms with E-state index in [1.807, 2.05) is 37.3 Å². The van der Waals surface area contributed by atoms with Gasteiger partial charge in [-0.3, -0.25) is 0 Å². The van der Waals surface area contributed by atoms with E-state index in [0.717, 1.165) is 17.1 Å². The molecule has 0 amide bonds. The summed E-state index contributed by atoms with van der Waals surface area (Å²) >= 11 is 2.28. The molecule has 13 heavy (non-hydrogen) atoms. The van der Waals surface area contributed by atoms with E-state index in [-0.39, 0.29) is 0 Å². The number of halogens is 1. The average molecular weight is 284 g/mol. The Kier molecular flexibility index (Phi) is 2.40. The zero-order valence-electron chi connectivity index (χ0n) is 7.25. The molecule has 0 unspecified atom stereocenters. The van der Waals surface area contributed by atoms with Crippen molar-refractivity contribution < 1.29 is 4.42 Å². The van der Waals surface area contributed by atoms with Crippen LogP contribution in [0, 0.1) is 10.5 Å². The van der Waals surface area contributed by atoms with Gasteiger partial charge in [-0.15, -0.1) is 0 Å². The van der Waals surface area contributed by atoms with Gasteiger partial charge in [0.15, 0.2) is 0 Å². The maximum Gasteiger partial charge on any atom is 0.135 e. The minimum atomic E-state index is 0.947. The van der Waals surface area contributed by atoms with Crippen LogP contribution in [0.25, 0.3) is 11.3 Å². The Hall–Kier alpha value is -0.770. The molecule has 1 aromatic carbocycles. The van der Waals surface area contributed by atoms with E-state index in [0.29, 0.717) is 0 Å². The summed E-state index contributed by atoms with van der Waals surface area (Å²) in [6, 6.07) is 12.2. The summed E-state index contributed by atoms with van der Waals surface area (Å²) < 4.78 is 6.77. The van der Waals surface area contributed by atoms with Gasteiger partial charge in [-0.1, -0.05) is 30.3 Å². The van der Waals surface area contributed by atoms with E-state index in [4.69, 9.17) is 4.42 Å². The van der Waals surface area contributed by atoms with Gasteiger partial charge in [0.1, 0.15) is 11.5 Å². The lowest BCUT2D eigenvalue weighted by Gasteiger charge is -1.93. The number of hydrogen-bond donors (Lipinski definition) is 0. The van der Waals surface area contributed by atoms with Gasteiger partial charge >= 0.3 is 0 Å². The molecule has 1 aromatic heterocycles. The number of hydrogen-bond acceptors (Lipinski definition) is 1. The zero-order valence-corrected chi connectivity index (χ0v) is 9.41. The maximum atomic E-state index is 5.59. The second kappa shape index (κ2) is 3.54. The SMILES string of the molecule is Cc1oc(-c2ccccc2)cc1I. The van der Waals surface area contributed by atoms with Crippen molar-refractivity contribution in [1.82, 2.24) is 0 Å². The predicted octanol–water partition coefficient (Wildman–Crippen LogP) is 3.86. The van der Waals surface area contributed by atoms with Crippen LogP contribution in [-0.2, 0) is 0 Å². The van der Waals surface area contributed by atoms with Crippen molar-refractivity contribution in [3.05, 3.63) is 45.7 Å². The minimum Gasteiger partial charge on any atom is -0.460 e. The summed E-state index contributed by atoms with van der Waals surface area (Å²) in [7, 11) is 0. The summed E-state index contributed by atoms with van der Waals surface area (Å²) in [6.07, 6.45) is 0. The summed E-state index contributed by atoms with van der Waals surface area (Å²) in [5.74, 6) is 1.93. The highest BCUT2D eigenvalue weighted by Crippen LogP contribution is 2.25. The molecule has 0 aliphatic heterocycles. The molecule has 1 heterocycles. The quantitative estimate of drug-likeness (QED) is 0.725. The van der Waals surface area contributed by atoms with Gasteiger partial charge < -0.3 is 4.42 Å². The second-order valence-corrected chi connectivity index (χ2v) is 4.04. The van der Waals surface area contributed by atoms with Gasteiger partial charge in [-0.2, -0.15) is 0 Å². The lowest BCUT2D eigenvalue weighted by molar-refractivity contribution is 0.546. The topological polar surface area (TPSA) is 13.1 Å². The van der Waals surface area contributed by atoms with Crippen molar-refractivity contribution in [3.63, 3.8) is 0 Å². The fraction of sp³-hybridized carbons (Fsp3) is 0.0909. The number of aryl methyl sites for hydroxylation is 1. The van der Waals surface area contributed by atoms with Gasteiger partial charge in [0.05, 0.1) is 3.57 Å². The lowest BCUT2D eigenvalue weighted by atomic mass is 10.2. The lowest BCUT2D eigenvalue weighted by Crippen LogP contribution is -1.69. The number of furan rings is 1. The van der Waals surface area contributed by atoms with Crippen LogP contribution in [0.3, 0.4) is 0 Å². The third-order valence-electron chi connectivity index (χ3n) is 1.92. The highest BCUT2D eigenvalue weighted by atomic mass is 127. The molecule has 0 saturated heterocycles. The summed E-state index contributed by atoms with van der Waals surface area (Å²) in [5, 5.41) is 0. The van der Waals surface area contributed by atoms with Crippen LogP contribution >= 0.6 is 22.6 Å².